The van der Waals surface area contributed by atoms with Gasteiger partial charge in [-0.2, -0.15) is 35.1 Å². The van der Waals surface area contributed by atoms with Gasteiger partial charge in [0.2, 0.25) is 0 Å². The van der Waals surface area contributed by atoms with E-state index in [0.29, 0.717) is 11.3 Å². The molecule has 0 saturated carbocycles. The topological polar surface area (TPSA) is 73.7 Å². The number of halogens is 8. The molecule has 0 radical (unpaired) electrons. The van der Waals surface area contributed by atoms with Crippen LogP contribution < -0.4 is 25.8 Å². The molecule has 0 saturated heterocycles. The molecular weight excluding hydrogens is 478 g/mol. The average Bonchev–Trinajstić information content (AvgIpc) is 2.71. The Morgan fingerprint density at radius 3 is 1.76 bits per heavy atom. The van der Waals surface area contributed by atoms with Gasteiger partial charge in [0.15, 0.2) is 13.2 Å². The molecule has 0 bridgehead atoms. The second-order valence-electron chi connectivity index (χ2n) is 7.78. The smallest absolute Gasteiger partial charge is 0.381 e. The van der Waals surface area contributed by atoms with Crippen LogP contribution in [0.1, 0.15) is 5.56 Å². The third kappa shape index (κ3) is 5.17. The number of nitrogen functional groups attached to an aromatic ring is 2. The fraction of sp³-hybridized carbons (Fsp3) is 0.429. The number of hydrogen-bond acceptors (Lipinski definition) is 5. The Balaban J connectivity index is 2.18. The lowest BCUT2D eigenvalue weighted by Gasteiger charge is -2.36. The van der Waals surface area contributed by atoms with Crippen LogP contribution in [0.2, 0.25) is 0 Å². The first-order valence-electron chi connectivity index (χ1n) is 9.63. The van der Waals surface area contributed by atoms with Crippen LogP contribution in [0.25, 0.3) is 0 Å². The molecule has 190 valence electrons. The second kappa shape index (κ2) is 9.26. The van der Waals surface area contributed by atoms with Crippen LogP contribution in [0.4, 0.5) is 52.2 Å². The number of hydrogen-bond donors (Lipinski definition) is 2. The Bertz CT molecular complexity index is 1020. The number of nitrogens with two attached hydrogens (primary N) is 2. The molecule has 34 heavy (non-hydrogen) atoms. The minimum absolute atomic E-state index is 0.0830. The second-order valence-corrected chi connectivity index (χ2v) is 7.78. The Morgan fingerprint density at radius 2 is 1.29 bits per heavy atom. The van der Waals surface area contributed by atoms with Gasteiger partial charge in [-0.15, -0.1) is 0 Å². The maximum absolute atomic E-state index is 14.1. The molecule has 2 rings (SSSR count). The van der Waals surface area contributed by atoms with E-state index < -0.39 is 42.7 Å². The average molecular weight is 501 g/mol. The maximum atomic E-state index is 14.1. The predicted octanol–water partition coefficient (Wildman–Crippen LogP) is 5.22. The summed E-state index contributed by atoms with van der Waals surface area (Å²) in [5.74, 6) is -25.3. The number of nitrogens with zero attached hydrogens (tertiary/aromatic N) is 1. The van der Waals surface area contributed by atoms with E-state index in [-0.39, 0.29) is 17.1 Å². The molecule has 0 aromatic heterocycles. The Hall–Kier alpha value is -3.12. The molecule has 0 spiro atoms. The summed E-state index contributed by atoms with van der Waals surface area (Å²) in [7, 11) is 3.37. The van der Waals surface area contributed by atoms with Crippen molar-refractivity contribution >= 4 is 17.1 Å². The zero-order valence-electron chi connectivity index (χ0n) is 18.3. The lowest BCUT2D eigenvalue weighted by atomic mass is 9.99. The van der Waals surface area contributed by atoms with Gasteiger partial charge in [0.1, 0.15) is 11.5 Å². The van der Waals surface area contributed by atoms with Crippen LogP contribution in [-0.4, -0.2) is 51.0 Å². The van der Waals surface area contributed by atoms with Crippen LogP contribution in [0.15, 0.2) is 36.4 Å². The largest absolute Gasteiger partial charge is 0.487 e. The molecule has 2 aromatic rings. The molecule has 0 heterocycles. The van der Waals surface area contributed by atoms with Gasteiger partial charge in [0, 0.05) is 25.5 Å². The SMILES string of the molecule is Cc1cc(OCC(F)(F)C(F)(F)C(F)(F)C(F)(F)COc2ccc(N)cc2N)ccc1N(C)C. The highest BCUT2D eigenvalue weighted by Gasteiger charge is 2.81. The molecular formula is C21H23F8N3O2. The monoisotopic (exact) mass is 501 g/mol. The molecule has 0 atom stereocenters. The highest BCUT2D eigenvalue weighted by Crippen LogP contribution is 2.52. The number of anilines is 3. The number of alkyl halides is 8. The fourth-order valence-corrected chi connectivity index (χ4v) is 2.90. The fourth-order valence-electron chi connectivity index (χ4n) is 2.90. The number of rotatable bonds is 10. The Labute approximate surface area is 190 Å². The minimum Gasteiger partial charge on any atom is -0.487 e. The van der Waals surface area contributed by atoms with Crippen molar-refractivity contribution in [3.63, 3.8) is 0 Å². The van der Waals surface area contributed by atoms with Gasteiger partial charge >= 0.3 is 23.7 Å². The first-order chi connectivity index (χ1) is 15.4. The van der Waals surface area contributed by atoms with Crippen LogP contribution in [0, 0.1) is 6.92 Å². The van der Waals surface area contributed by atoms with Gasteiger partial charge in [-0.25, -0.2) is 0 Å². The summed E-state index contributed by atoms with van der Waals surface area (Å²) in [6, 6.07) is 6.87. The van der Waals surface area contributed by atoms with Gasteiger partial charge < -0.3 is 25.8 Å². The number of benzene rings is 2. The lowest BCUT2D eigenvalue weighted by Crippen LogP contribution is -2.65. The number of aryl methyl sites for hydroxylation is 1. The molecule has 2 aromatic carbocycles. The van der Waals surface area contributed by atoms with Crippen molar-refractivity contribution in [1.82, 2.24) is 0 Å². The van der Waals surface area contributed by atoms with Crippen LogP contribution in [-0.2, 0) is 0 Å². The highest BCUT2D eigenvalue weighted by molar-refractivity contribution is 5.60. The van der Waals surface area contributed by atoms with E-state index in [2.05, 4.69) is 9.47 Å². The molecule has 0 amide bonds. The van der Waals surface area contributed by atoms with E-state index in [1.807, 2.05) is 0 Å². The van der Waals surface area contributed by atoms with Crippen molar-refractivity contribution in [1.29, 1.82) is 0 Å². The summed E-state index contributed by atoms with van der Waals surface area (Å²) in [5.41, 5.74) is 11.7. The van der Waals surface area contributed by atoms with Crippen molar-refractivity contribution in [3.05, 3.63) is 42.0 Å². The Kier molecular flexibility index (Phi) is 7.39. The molecule has 0 fully saturated rings. The quantitative estimate of drug-likeness (QED) is 0.345. The molecule has 5 nitrogen and oxygen atoms in total. The zero-order valence-corrected chi connectivity index (χ0v) is 18.3. The zero-order chi connectivity index (χ0) is 26.1. The van der Waals surface area contributed by atoms with E-state index in [9.17, 15) is 35.1 Å². The van der Waals surface area contributed by atoms with E-state index in [1.54, 1.807) is 25.9 Å². The molecule has 13 heteroatoms. The number of ether oxygens (including phenoxy) is 2. The first kappa shape index (κ1) is 27.1. The molecule has 0 aliphatic carbocycles. The van der Waals surface area contributed by atoms with Crippen LogP contribution in [0.5, 0.6) is 11.5 Å². The summed E-state index contributed by atoms with van der Waals surface area (Å²) in [4.78, 5) is 1.67. The summed E-state index contributed by atoms with van der Waals surface area (Å²) in [6.07, 6.45) is 0. The maximum Gasteiger partial charge on any atom is 0.381 e. The van der Waals surface area contributed by atoms with E-state index in [1.165, 1.54) is 12.1 Å². The Morgan fingerprint density at radius 1 is 0.765 bits per heavy atom. The van der Waals surface area contributed by atoms with Gasteiger partial charge in [-0.3, -0.25) is 0 Å². The summed E-state index contributed by atoms with van der Waals surface area (Å²) < 4.78 is 122. The summed E-state index contributed by atoms with van der Waals surface area (Å²) in [5, 5.41) is 0. The van der Waals surface area contributed by atoms with Crippen molar-refractivity contribution in [2.24, 2.45) is 0 Å². The third-order valence-electron chi connectivity index (χ3n) is 4.83. The van der Waals surface area contributed by atoms with Gasteiger partial charge in [-0.05, 0) is 48.9 Å². The first-order valence-corrected chi connectivity index (χ1v) is 9.63. The summed E-state index contributed by atoms with van der Waals surface area (Å²) >= 11 is 0. The van der Waals surface area contributed by atoms with E-state index >= 15 is 0 Å². The molecule has 4 N–H and O–H groups in total. The van der Waals surface area contributed by atoms with Crippen molar-refractivity contribution < 1.29 is 44.6 Å². The van der Waals surface area contributed by atoms with E-state index in [4.69, 9.17) is 11.5 Å². The van der Waals surface area contributed by atoms with Crippen molar-refractivity contribution in [3.8, 4) is 11.5 Å². The highest BCUT2D eigenvalue weighted by atomic mass is 19.4. The molecule has 0 unspecified atom stereocenters. The van der Waals surface area contributed by atoms with Crippen molar-refractivity contribution in [2.75, 3.05) is 43.7 Å². The standard InChI is InChI=1S/C21H23F8N3O2/c1-12-8-14(5-6-16(12)32(2)3)33-10-18(22,23)20(26,27)21(28,29)19(24,25)11-34-17-7-4-13(30)9-15(17)31/h4-9H,10-11,30-31H2,1-3H3. The third-order valence-corrected chi connectivity index (χ3v) is 4.83. The minimum atomic E-state index is -6.51. The summed E-state index contributed by atoms with van der Waals surface area (Å²) in [6.45, 7) is -3.07. The molecule has 0 aliphatic rings. The van der Waals surface area contributed by atoms with Gasteiger partial charge in [0.05, 0.1) is 5.69 Å². The van der Waals surface area contributed by atoms with Gasteiger partial charge in [-0.1, -0.05) is 0 Å². The van der Waals surface area contributed by atoms with Crippen LogP contribution in [0.3, 0.4) is 0 Å². The van der Waals surface area contributed by atoms with E-state index in [0.717, 1.165) is 24.3 Å². The van der Waals surface area contributed by atoms with Gasteiger partial charge in [0.25, 0.3) is 0 Å². The van der Waals surface area contributed by atoms with Crippen molar-refractivity contribution in [2.45, 2.75) is 30.6 Å². The molecule has 0 aliphatic heterocycles. The predicted molar refractivity (Wildman–Crippen MR) is 112 cm³/mol. The lowest BCUT2D eigenvalue weighted by molar-refractivity contribution is -0.371. The normalized spacial score (nSPS) is 13.0. The van der Waals surface area contributed by atoms with Crippen LogP contribution >= 0.6 is 0 Å².